The summed E-state index contributed by atoms with van der Waals surface area (Å²) in [5.41, 5.74) is 0.840. The Morgan fingerprint density at radius 2 is 1.97 bits per heavy atom. The number of hydrogen-bond donors (Lipinski definition) is 2. The highest BCUT2D eigenvalue weighted by atomic mass is 32.2. The molecular formula is C22H28FN5O2S. The molecular weight excluding hydrogens is 417 g/mol. The van der Waals surface area contributed by atoms with Crippen LogP contribution in [-0.4, -0.2) is 47.4 Å². The van der Waals surface area contributed by atoms with Crippen LogP contribution in [0.5, 0.6) is 0 Å². The minimum atomic E-state index is -0.299. The third-order valence-corrected chi connectivity index (χ3v) is 5.97. The van der Waals surface area contributed by atoms with E-state index in [9.17, 15) is 14.0 Å². The van der Waals surface area contributed by atoms with Crippen molar-refractivity contribution in [2.75, 3.05) is 30.3 Å². The predicted octanol–water partition coefficient (Wildman–Crippen LogP) is 2.77. The standard InChI is InChI=1S/C22H28FN5O2S/c1-2-11-24-22(30)17-4-3-12-28(14-17)19-9-10-21(27-26-19)31-15-20(29)25-13-16-5-7-18(23)8-6-16/h5-10,17H,2-4,11-15H2,1H3,(H,24,30)(H,25,29). The van der Waals surface area contributed by atoms with Gasteiger partial charge in [0.15, 0.2) is 5.82 Å². The maximum absolute atomic E-state index is 12.9. The molecule has 3 rings (SSSR count). The molecule has 1 aliphatic heterocycles. The van der Waals surface area contributed by atoms with Crippen molar-refractivity contribution in [2.24, 2.45) is 5.92 Å². The highest BCUT2D eigenvalue weighted by Crippen LogP contribution is 2.23. The van der Waals surface area contributed by atoms with Crippen LogP contribution in [0.15, 0.2) is 41.4 Å². The number of nitrogens with one attached hydrogen (secondary N) is 2. The highest BCUT2D eigenvalue weighted by Gasteiger charge is 2.26. The van der Waals surface area contributed by atoms with Crippen LogP contribution in [0.2, 0.25) is 0 Å². The van der Waals surface area contributed by atoms with E-state index in [-0.39, 0.29) is 29.3 Å². The number of benzene rings is 1. The molecule has 0 saturated carbocycles. The van der Waals surface area contributed by atoms with E-state index >= 15 is 0 Å². The molecule has 0 bridgehead atoms. The van der Waals surface area contributed by atoms with Crippen molar-refractivity contribution in [2.45, 2.75) is 37.8 Å². The minimum Gasteiger partial charge on any atom is -0.356 e. The van der Waals surface area contributed by atoms with Gasteiger partial charge in [-0.25, -0.2) is 4.39 Å². The van der Waals surface area contributed by atoms with Crippen molar-refractivity contribution in [3.05, 3.63) is 47.8 Å². The van der Waals surface area contributed by atoms with E-state index in [1.54, 1.807) is 12.1 Å². The van der Waals surface area contributed by atoms with Crippen LogP contribution in [0.1, 0.15) is 31.7 Å². The second-order valence-corrected chi connectivity index (χ2v) is 8.49. The Balaban J connectivity index is 1.44. The molecule has 9 heteroatoms. The molecule has 1 saturated heterocycles. The summed E-state index contributed by atoms with van der Waals surface area (Å²) >= 11 is 1.31. The molecule has 31 heavy (non-hydrogen) atoms. The molecule has 2 amide bonds. The third-order valence-electron chi connectivity index (χ3n) is 5.05. The minimum absolute atomic E-state index is 0.0269. The van der Waals surface area contributed by atoms with E-state index in [2.05, 4.69) is 25.7 Å². The van der Waals surface area contributed by atoms with Crippen LogP contribution >= 0.6 is 11.8 Å². The summed E-state index contributed by atoms with van der Waals surface area (Å²) in [4.78, 5) is 26.4. The van der Waals surface area contributed by atoms with Gasteiger partial charge >= 0.3 is 0 Å². The number of anilines is 1. The molecule has 1 aromatic heterocycles. The molecule has 1 aromatic carbocycles. The molecule has 2 heterocycles. The molecule has 0 radical (unpaired) electrons. The van der Waals surface area contributed by atoms with Gasteiger partial charge in [-0.05, 0) is 49.1 Å². The molecule has 0 spiro atoms. The van der Waals surface area contributed by atoms with E-state index in [1.807, 2.05) is 19.1 Å². The van der Waals surface area contributed by atoms with E-state index in [4.69, 9.17) is 0 Å². The molecule has 1 atom stereocenters. The number of hydrogen-bond acceptors (Lipinski definition) is 6. The SMILES string of the molecule is CCCNC(=O)C1CCCN(c2ccc(SCC(=O)NCc3ccc(F)cc3)nn2)C1. The topological polar surface area (TPSA) is 87.2 Å². The summed E-state index contributed by atoms with van der Waals surface area (Å²) in [5.74, 6) is 0.626. The van der Waals surface area contributed by atoms with Crippen molar-refractivity contribution in [1.29, 1.82) is 0 Å². The van der Waals surface area contributed by atoms with Gasteiger partial charge in [0.2, 0.25) is 11.8 Å². The Hall–Kier alpha value is -2.68. The lowest BCUT2D eigenvalue weighted by Crippen LogP contribution is -2.43. The fraction of sp³-hybridized carbons (Fsp3) is 0.455. The Labute approximate surface area is 186 Å². The van der Waals surface area contributed by atoms with E-state index in [0.717, 1.165) is 37.2 Å². The molecule has 7 nitrogen and oxygen atoms in total. The summed E-state index contributed by atoms with van der Waals surface area (Å²) in [7, 11) is 0. The second-order valence-electron chi connectivity index (χ2n) is 7.50. The molecule has 166 valence electrons. The van der Waals surface area contributed by atoms with Crippen LogP contribution in [0.4, 0.5) is 10.2 Å². The van der Waals surface area contributed by atoms with Gasteiger partial charge in [-0.1, -0.05) is 30.8 Å². The van der Waals surface area contributed by atoms with Crippen LogP contribution in [0, 0.1) is 11.7 Å². The number of aromatic nitrogens is 2. The van der Waals surface area contributed by atoms with Gasteiger partial charge < -0.3 is 15.5 Å². The smallest absolute Gasteiger partial charge is 0.230 e. The molecule has 0 aliphatic carbocycles. The largest absolute Gasteiger partial charge is 0.356 e. The van der Waals surface area contributed by atoms with Crippen molar-refractivity contribution < 1.29 is 14.0 Å². The van der Waals surface area contributed by atoms with E-state index in [1.165, 1.54) is 23.9 Å². The molecule has 1 fully saturated rings. The summed E-state index contributed by atoms with van der Waals surface area (Å²) in [6, 6.07) is 9.77. The average molecular weight is 446 g/mol. The van der Waals surface area contributed by atoms with Gasteiger partial charge in [-0.15, -0.1) is 10.2 Å². The Bertz CT molecular complexity index is 863. The van der Waals surface area contributed by atoms with Crippen molar-refractivity contribution in [1.82, 2.24) is 20.8 Å². The lowest BCUT2D eigenvalue weighted by Gasteiger charge is -2.32. The van der Waals surface area contributed by atoms with Crippen molar-refractivity contribution in [3.63, 3.8) is 0 Å². The number of piperidine rings is 1. The molecule has 1 unspecified atom stereocenters. The first-order chi connectivity index (χ1) is 15.0. The summed E-state index contributed by atoms with van der Waals surface area (Å²) < 4.78 is 12.9. The number of halogens is 1. The van der Waals surface area contributed by atoms with Crippen molar-refractivity contribution >= 4 is 29.4 Å². The number of amides is 2. The fourth-order valence-corrected chi connectivity index (χ4v) is 3.99. The zero-order chi connectivity index (χ0) is 22.1. The third kappa shape index (κ3) is 7.20. The van der Waals surface area contributed by atoms with Gasteiger partial charge in [-0.2, -0.15) is 0 Å². The Morgan fingerprint density at radius 3 is 2.68 bits per heavy atom. The van der Waals surface area contributed by atoms with Crippen LogP contribution in [0.3, 0.4) is 0 Å². The van der Waals surface area contributed by atoms with Crippen LogP contribution < -0.4 is 15.5 Å². The Morgan fingerprint density at radius 1 is 1.16 bits per heavy atom. The zero-order valence-corrected chi connectivity index (χ0v) is 18.5. The first-order valence-electron chi connectivity index (χ1n) is 10.6. The van der Waals surface area contributed by atoms with E-state index in [0.29, 0.717) is 24.7 Å². The monoisotopic (exact) mass is 445 g/mol. The number of rotatable bonds is 9. The number of thioether (sulfide) groups is 1. The normalized spacial score (nSPS) is 16.1. The summed E-state index contributed by atoms with van der Waals surface area (Å²) in [5, 5.41) is 15.0. The van der Waals surface area contributed by atoms with Gasteiger partial charge in [0.05, 0.1) is 11.7 Å². The van der Waals surface area contributed by atoms with E-state index < -0.39 is 0 Å². The highest BCUT2D eigenvalue weighted by molar-refractivity contribution is 7.99. The van der Waals surface area contributed by atoms with Gasteiger partial charge in [0.25, 0.3) is 0 Å². The number of carbonyl (C=O) groups is 2. The average Bonchev–Trinajstić information content (AvgIpc) is 2.81. The number of carbonyl (C=O) groups excluding carboxylic acids is 2. The lowest BCUT2D eigenvalue weighted by molar-refractivity contribution is -0.125. The quantitative estimate of drug-likeness (QED) is 0.577. The predicted molar refractivity (Wildman–Crippen MR) is 119 cm³/mol. The molecule has 1 aliphatic rings. The summed E-state index contributed by atoms with van der Waals surface area (Å²) in [6.07, 6.45) is 2.76. The summed E-state index contributed by atoms with van der Waals surface area (Å²) in [6.45, 7) is 4.59. The Kier molecular flexibility index (Phi) is 8.63. The zero-order valence-electron chi connectivity index (χ0n) is 17.6. The molecule has 2 N–H and O–H groups in total. The number of nitrogens with zero attached hydrogens (tertiary/aromatic N) is 3. The fourth-order valence-electron chi connectivity index (χ4n) is 3.34. The van der Waals surface area contributed by atoms with Crippen LogP contribution in [-0.2, 0) is 16.1 Å². The lowest BCUT2D eigenvalue weighted by atomic mass is 9.97. The molecule has 2 aromatic rings. The van der Waals surface area contributed by atoms with Gasteiger partial charge in [0, 0.05) is 26.2 Å². The second kappa shape index (κ2) is 11.6. The van der Waals surface area contributed by atoms with Crippen molar-refractivity contribution in [3.8, 4) is 0 Å². The van der Waals surface area contributed by atoms with Gasteiger partial charge in [0.1, 0.15) is 10.8 Å². The first kappa shape index (κ1) is 23.0. The maximum Gasteiger partial charge on any atom is 0.230 e. The van der Waals surface area contributed by atoms with Crippen LogP contribution in [0.25, 0.3) is 0 Å². The van der Waals surface area contributed by atoms with Gasteiger partial charge in [-0.3, -0.25) is 9.59 Å². The first-order valence-corrected chi connectivity index (χ1v) is 11.5. The maximum atomic E-state index is 12.9.